The second kappa shape index (κ2) is 29.5. The fourth-order valence-corrected chi connectivity index (χ4v) is 8.23. The summed E-state index contributed by atoms with van der Waals surface area (Å²) in [5, 5.41) is 3.45. The van der Waals surface area contributed by atoms with Gasteiger partial charge in [0.05, 0.1) is 18.8 Å². The maximum Gasteiger partial charge on any atom is 0.305 e. The van der Waals surface area contributed by atoms with Crippen LogP contribution in [0.5, 0.6) is 0 Å². The Hall–Kier alpha value is -4.77. The van der Waals surface area contributed by atoms with Gasteiger partial charge in [0.2, 0.25) is 0 Å². The number of piperidine rings is 2. The van der Waals surface area contributed by atoms with E-state index in [1.807, 2.05) is 21.1 Å². The minimum absolute atomic E-state index is 0.0744. The Morgan fingerprint density at radius 3 is 1.59 bits per heavy atom. The summed E-state index contributed by atoms with van der Waals surface area (Å²) in [4.78, 5) is 19.2. The molecule has 0 saturated carbocycles. The number of hydrogen-bond acceptors (Lipinski definition) is 8. The van der Waals surface area contributed by atoms with E-state index >= 15 is 0 Å². The molecule has 2 saturated heterocycles. The van der Waals surface area contributed by atoms with Crippen LogP contribution in [0.25, 0.3) is 0 Å². The molecule has 0 aromatic heterocycles. The summed E-state index contributed by atoms with van der Waals surface area (Å²) in [5.74, 6) is 7.00. The molecule has 4 aromatic carbocycles. The highest BCUT2D eigenvalue weighted by Gasteiger charge is 2.34. The summed E-state index contributed by atoms with van der Waals surface area (Å²) in [6.07, 6.45) is 11.0. The number of likely N-dealkylation sites (tertiary alicyclic amines) is 1. The van der Waals surface area contributed by atoms with Crippen LogP contribution < -0.4 is 5.32 Å². The molecule has 2 heterocycles. The van der Waals surface area contributed by atoms with Crippen molar-refractivity contribution in [3.63, 3.8) is 0 Å². The van der Waals surface area contributed by atoms with Crippen molar-refractivity contribution < 1.29 is 19.0 Å². The number of ether oxygens (including phenoxy) is 3. The first-order chi connectivity index (χ1) is 30.0. The van der Waals surface area contributed by atoms with Crippen molar-refractivity contribution in [2.75, 3.05) is 53.6 Å². The summed E-state index contributed by atoms with van der Waals surface area (Å²) in [7, 11) is 3.68. The molecule has 2 aliphatic rings. The third-order valence-corrected chi connectivity index (χ3v) is 11.3. The fourth-order valence-electron chi connectivity index (χ4n) is 8.23. The Morgan fingerprint density at radius 2 is 1.18 bits per heavy atom. The molecule has 4 atom stereocenters. The second-order valence-electron chi connectivity index (χ2n) is 15.7. The van der Waals surface area contributed by atoms with Crippen LogP contribution in [0.2, 0.25) is 0 Å². The lowest BCUT2D eigenvalue weighted by atomic mass is 9.97. The molecule has 1 N–H and O–H groups in total. The molecule has 2 fully saturated rings. The van der Waals surface area contributed by atoms with Crippen molar-refractivity contribution in [1.29, 1.82) is 0 Å². The molecular weight excluding hydrogens is 757 g/mol. The largest absolute Gasteiger partial charge is 0.466 e. The number of hydrogen-bond donors (Lipinski definition) is 1. The number of rotatable bonds is 19. The van der Waals surface area contributed by atoms with E-state index in [9.17, 15) is 4.79 Å². The number of nitrogens with zero attached hydrogens (tertiary/aromatic N) is 3. The molecule has 0 radical (unpaired) electrons. The Balaban J connectivity index is 0.000000253. The molecular formula is C53H70N4O4. The van der Waals surface area contributed by atoms with Crippen LogP contribution in [0.3, 0.4) is 0 Å². The van der Waals surface area contributed by atoms with Crippen molar-refractivity contribution in [3.05, 3.63) is 144 Å². The average molecular weight is 827 g/mol. The Bertz CT molecular complexity index is 1760. The lowest BCUT2D eigenvalue weighted by Crippen LogP contribution is -2.54. The Morgan fingerprint density at radius 1 is 0.705 bits per heavy atom. The molecule has 0 spiro atoms. The lowest BCUT2D eigenvalue weighted by Gasteiger charge is -2.43. The summed E-state index contributed by atoms with van der Waals surface area (Å²) >= 11 is 0. The van der Waals surface area contributed by atoms with E-state index in [-0.39, 0.29) is 18.2 Å². The first-order valence-electron chi connectivity index (χ1n) is 22.1. The van der Waals surface area contributed by atoms with E-state index in [1.54, 1.807) is 6.92 Å². The first-order valence-corrected chi connectivity index (χ1v) is 22.1. The van der Waals surface area contributed by atoms with Crippen molar-refractivity contribution in [3.8, 4) is 24.2 Å². The van der Waals surface area contributed by atoms with E-state index in [1.165, 1.54) is 22.3 Å². The third-order valence-electron chi connectivity index (χ3n) is 11.3. The number of carbonyl (C=O) groups is 1. The summed E-state index contributed by atoms with van der Waals surface area (Å²) in [5.41, 5.74) is 5.40. The van der Waals surface area contributed by atoms with Gasteiger partial charge in [0.15, 0.2) is 0 Å². The van der Waals surface area contributed by atoms with Crippen LogP contribution in [0.4, 0.5) is 0 Å². The molecule has 8 heteroatoms. The van der Waals surface area contributed by atoms with Gasteiger partial charge in [0.25, 0.3) is 0 Å². The lowest BCUT2D eigenvalue weighted by molar-refractivity contribution is -0.143. The van der Waals surface area contributed by atoms with Crippen molar-refractivity contribution in [2.24, 2.45) is 0 Å². The fraction of sp³-hybridized carbons (Fsp3) is 0.453. The maximum atomic E-state index is 11.5. The van der Waals surface area contributed by atoms with E-state index < -0.39 is 0 Å². The van der Waals surface area contributed by atoms with Gasteiger partial charge >= 0.3 is 5.97 Å². The van der Waals surface area contributed by atoms with Crippen LogP contribution in [-0.4, -0.2) is 98.5 Å². The topological polar surface area (TPSA) is 66.5 Å². The van der Waals surface area contributed by atoms with Gasteiger partial charge in [-0.05, 0) is 93.3 Å². The normalized spacial score (nSPS) is 18.6. The predicted octanol–water partition coefficient (Wildman–Crippen LogP) is 8.61. The molecule has 0 amide bonds. The highest BCUT2D eigenvalue weighted by Crippen LogP contribution is 2.25. The zero-order valence-corrected chi connectivity index (χ0v) is 37.2. The molecule has 6 rings (SSSR count). The predicted molar refractivity (Wildman–Crippen MR) is 249 cm³/mol. The van der Waals surface area contributed by atoms with Crippen molar-refractivity contribution in [1.82, 2.24) is 20.0 Å². The first kappa shape index (κ1) is 48.9. The minimum atomic E-state index is -0.0744. The van der Waals surface area contributed by atoms with Crippen LogP contribution in [0.1, 0.15) is 74.6 Å². The third kappa shape index (κ3) is 18.4. The van der Waals surface area contributed by atoms with Gasteiger partial charge in [-0.3, -0.25) is 14.6 Å². The standard InChI is InChI=1S/C28H40N2O3.C20H26N2O.C5H4/c1-3-33-28(31)17-11-6-12-19-29-20-18-26(27(23-29)32-2)30(21-24-13-7-4-8-14-24)22-25-15-9-5-10-16-25;1-23-20-14-21-13-12-19(20)22(15-17-8-4-2-5-9-17)16-18-10-6-3-7-11-18;1-3-5-4-2/h4-5,7-10,13-16,26-27H,3,6,11-12,17-23H2,1-2H3;2-11,19-21H,12-16H2,1H3;1H,2H3/t26-,27+;19-,20+;/m11./s1. The van der Waals surface area contributed by atoms with E-state index in [2.05, 4.69) is 159 Å². The van der Waals surface area contributed by atoms with Crippen LogP contribution in [0, 0.1) is 24.2 Å². The van der Waals surface area contributed by atoms with Gasteiger partial charge in [0.1, 0.15) is 0 Å². The Labute approximate surface area is 368 Å². The maximum absolute atomic E-state index is 11.5. The summed E-state index contributed by atoms with van der Waals surface area (Å²) in [6.45, 7) is 12.9. The van der Waals surface area contributed by atoms with Crippen LogP contribution >= 0.6 is 0 Å². The monoisotopic (exact) mass is 827 g/mol. The number of benzene rings is 4. The average Bonchev–Trinajstić information content (AvgIpc) is 3.30. The molecule has 2 aliphatic heterocycles. The number of methoxy groups -OCH3 is 2. The highest BCUT2D eigenvalue weighted by molar-refractivity contribution is 5.69. The number of unbranched alkanes of at least 4 members (excludes halogenated alkanes) is 2. The van der Waals surface area contributed by atoms with Gasteiger partial charge in [-0.15, -0.1) is 6.42 Å². The van der Waals surface area contributed by atoms with Gasteiger partial charge in [-0.1, -0.05) is 134 Å². The number of carbonyl (C=O) groups excluding carboxylic acids is 1. The quantitative estimate of drug-likeness (QED) is 0.0574. The zero-order valence-electron chi connectivity index (χ0n) is 37.2. The Kier molecular flexibility index (Phi) is 23.6. The van der Waals surface area contributed by atoms with Crippen LogP contribution in [-0.2, 0) is 45.2 Å². The van der Waals surface area contributed by atoms with Crippen molar-refractivity contribution in [2.45, 2.75) is 103 Å². The minimum Gasteiger partial charge on any atom is -0.466 e. The molecule has 326 valence electrons. The number of nitrogens with one attached hydrogen (secondary N) is 1. The van der Waals surface area contributed by atoms with E-state index in [0.29, 0.717) is 25.1 Å². The van der Waals surface area contributed by atoms with E-state index in [0.717, 1.165) is 91.0 Å². The van der Waals surface area contributed by atoms with Crippen LogP contribution in [0.15, 0.2) is 121 Å². The molecule has 0 aliphatic carbocycles. The summed E-state index contributed by atoms with van der Waals surface area (Å²) in [6, 6.07) is 43.8. The smallest absolute Gasteiger partial charge is 0.305 e. The van der Waals surface area contributed by atoms with Gasteiger partial charge in [0, 0.05) is 72.0 Å². The molecule has 61 heavy (non-hydrogen) atoms. The molecule has 0 unspecified atom stereocenters. The molecule has 4 aromatic rings. The summed E-state index contributed by atoms with van der Waals surface area (Å²) < 4.78 is 16.8. The van der Waals surface area contributed by atoms with Gasteiger partial charge in [-0.25, -0.2) is 0 Å². The number of terminal acetylenes is 1. The second-order valence-corrected chi connectivity index (χ2v) is 15.7. The number of esters is 1. The SMILES string of the molecule is C#CC#CC.CCOC(=O)CCCCCN1CC[C@@H](N(Cc2ccccc2)Cc2ccccc2)[C@@H](OC)C1.CO[C@H]1CNCC[C@H]1N(Cc1ccccc1)Cc1ccccc1. The van der Waals surface area contributed by atoms with Gasteiger partial charge in [-0.2, -0.15) is 0 Å². The molecule has 8 nitrogen and oxygen atoms in total. The van der Waals surface area contributed by atoms with Gasteiger partial charge < -0.3 is 24.4 Å². The molecule has 0 bridgehead atoms. The van der Waals surface area contributed by atoms with E-state index in [4.69, 9.17) is 20.6 Å². The zero-order chi connectivity index (χ0) is 43.3. The van der Waals surface area contributed by atoms with Crippen molar-refractivity contribution >= 4 is 5.97 Å². The highest BCUT2D eigenvalue weighted by atomic mass is 16.5.